The average molecular weight is 552 g/mol. The molecule has 1 fully saturated rings. The van der Waals surface area contributed by atoms with E-state index in [4.69, 9.17) is 16.3 Å². The van der Waals surface area contributed by atoms with Gasteiger partial charge in [0, 0.05) is 36.9 Å². The number of carbonyl (C=O) groups is 2. The lowest BCUT2D eigenvalue weighted by atomic mass is 9.96. The number of nitrogens with zero attached hydrogens (tertiary/aromatic N) is 2. The van der Waals surface area contributed by atoms with Crippen molar-refractivity contribution in [3.63, 3.8) is 0 Å². The number of rotatable bonds is 4. The summed E-state index contributed by atoms with van der Waals surface area (Å²) in [7, 11) is 0. The molecule has 10 heteroatoms. The van der Waals surface area contributed by atoms with Gasteiger partial charge in [-0.1, -0.05) is 23.7 Å². The average Bonchev–Trinajstić information content (AvgIpc) is 2.83. The van der Waals surface area contributed by atoms with Crippen molar-refractivity contribution in [2.45, 2.75) is 77.4 Å². The zero-order valence-corrected chi connectivity index (χ0v) is 22.6. The summed E-state index contributed by atoms with van der Waals surface area (Å²) in [5.41, 5.74) is 1.72. The molecule has 2 heterocycles. The molecule has 2 aliphatic heterocycles. The van der Waals surface area contributed by atoms with Crippen LogP contribution in [0.3, 0.4) is 0 Å². The third kappa shape index (κ3) is 6.99. The third-order valence-electron chi connectivity index (χ3n) is 6.77. The van der Waals surface area contributed by atoms with Crippen molar-refractivity contribution in [1.82, 2.24) is 9.80 Å². The van der Waals surface area contributed by atoms with Crippen LogP contribution in [0.1, 0.15) is 62.3 Å². The number of anilines is 1. The van der Waals surface area contributed by atoms with Crippen molar-refractivity contribution in [2.75, 3.05) is 18.4 Å². The molecule has 0 aliphatic carbocycles. The number of fused-ring (bicyclic) bond motifs is 1. The minimum absolute atomic E-state index is 0.287. The van der Waals surface area contributed by atoms with Crippen LogP contribution in [0.15, 0.2) is 36.4 Å². The van der Waals surface area contributed by atoms with Gasteiger partial charge in [-0.15, -0.1) is 0 Å². The van der Waals surface area contributed by atoms with Gasteiger partial charge < -0.3 is 10.1 Å². The van der Waals surface area contributed by atoms with E-state index in [-0.39, 0.29) is 5.91 Å². The second kappa shape index (κ2) is 11.1. The summed E-state index contributed by atoms with van der Waals surface area (Å²) in [6.45, 7) is 7.51. The van der Waals surface area contributed by atoms with E-state index in [1.807, 2.05) is 6.07 Å². The molecule has 1 saturated heterocycles. The maximum absolute atomic E-state index is 13.1. The van der Waals surface area contributed by atoms with Crippen LogP contribution >= 0.6 is 11.6 Å². The molecule has 1 N–H and O–H groups in total. The number of likely N-dealkylation sites (tertiary alicyclic amines) is 1. The van der Waals surface area contributed by atoms with E-state index in [0.29, 0.717) is 49.7 Å². The first-order valence-corrected chi connectivity index (χ1v) is 13.2. The highest BCUT2D eigenvalue weighted by Gasteiger charge is 2.35. The molecule has 6 nitrogen and oxygen atoms in total. The van der Waals surface area contributed by atoms with Crippen LogP contribution < -0.4 is 5.32 Å². The molecule has 38 heavy (non-hydrogen) atoms. The largest absolute Gasteiger partial charge is 0.444 e. The van der Waals surface area contributed by atoms with Crippen LogP contribution in [0.25, 0.3) is 0 Å². The molecule has 4 rings (SSSR count). The normalized spacial score (nSPS) is 18.6. The van der Waals surface area contributed by atoms with Crippen LogP contribution in [0.4, 0.5) is 23.7 Å². The molecule has 2 aliphatic rings. The Kier molecular flexibility index (Phi) is 8.28. The molecule has 206 valence electrons. The minimum atomic E-state index is -4.35. The number of halogens is 4. The Morgan fingerprint density at radius 1 is 1.05 bits per heavy atom. The van der Waals surface area contributed by atoms with Crippen LogP contribution in [-0.2, 0) is 35.2 Å². The van der Waals surface area contributed by atoms with Crippen molar-refractivity contribution in [3.05, 3.63) is 63.7 Å². The van der Waals surface area contributed by atoms with Crippen LogP contribution in [0, 0.1) is 0 Å². The second-order valence-electron chi connectivity index (χ2n) is 10.9. The standard InChI is InChI=1S/C28H33ClF3N3O3/c1-27(2,3)38-26(37)35-12-5-4-6-24(35)25(36)33-22-10-8-20(23(29)15-22)17-34-13-11-18-14-21(28(30,31)32)9-7-19(18)16-34/h7-10,14-15,24H,4-6,11-13,16-17H2,1-3H3,(H,33,36)/t24-/m1/s1. The molecular formula is C28H33ClF3N3O3. The number of benzene rings is 2. The topological polar surface area (TPSA) is 61.9 Å². The second-order valence-corrected chi connectivity index (χ2v) is 11.3. The number of piperidine rings is 1. The fraction of sp³-hybridized carbons (Fsp3) is 0.500. The van der Waals surface area contributed by atoms with E-state index in [1.165, 1.54) is 11.0 Å². The number of alkyl halides is 3. The maximum atomic E-state index is 13.1. The van der Waals surface area contributed by atoms with Crippen molar-refractivity contribution < 1.29 is 27.5 Å². The Balaban J connectivity index is 1.38. The summed E-state index contributed by atoms with van der Waals surface area (Å²) >= 11 is 6.55. The van der Waals surface area contributed by atoms with Gasteiger partial charge in [0.05, 0.1) is 5.56 Å². The Bertz CT molecular complexity index is 1200. The first-order valence-electron chi connectivity index (χ1n) is 12.8. The summed E-state index contributed by atoms with van der Waals surface area (Å²) in [5.74, 6) is -0.287. The number of nitrogens with one attached hydrogen (secondary N) is 1. The van der Waals surface area contributed by atoms with Crippen LogP contribution in [0.2, 0.25) is 5.02 Å². The number of hydrogen-bond donors (Lipinski definition) is 1. The van der Waals surface area contributed by atoms with E-state index in [0.717, 1.165) is 35.6 Å². The Hall–Kier alpha value is -2.78. The molecule has 0 radical (unpaired) electrons. The Labute approximate surface area is 226 Å². The zero-order chi connectivity index (χ0) is 27.7. The molecule has 2 amide bonds. The van der Waals surface area contributed by atoms with E-state index >= 15 is 0 Å². The van der Waals surface area contributed by atoms with Crippen LogP contribution in [-0.4, -0.2) is 46.5 Å². The fourth-order valence-electron chi connectivity index (χ4n) is 4.89. The van der Waals surface area contributed by atoms with Crippen molar-refractivity contribution >= 4 is 29.3 Å². The summed E-state index contributed by atoms with van der Waals surface area (Å²) in [5, 5.41) is 3.36. The molecule has 0 bridgehead atoms. The molecule has 0 saturated carbocycles. The predicted molar refractivity (Wildman–Crippen MR) is 140 cm³/mol. The summed E-state index contributed by atoms with van der Waals surface area (Å²) in [4.78, 5) is 29.4. The lowest BCUT2D eigenvalue weighted by Gasteiger charge is -2.35. The van der Waals surface area contributed by atoms with Crippen molar-refractivity contribution in [2.24, 2.45) is 0 Å². The number of ether oxygens (including phenoxy) is 1. The lowest BCUT2D eigenvalue weighted by molar-refractivity contribution is -0.137. The van der Waals surface area contributed by atoms with Gasteiger partial charge in [0.25, 0.3) is 0 Å². The minimum Gasteiger partial charge on any atom is -0.444 e. The number of hydrogen-bond acceptors (Lipinski definition) is 4. The highest BCUT2D eigenvalue weighted by Crippen LogP contribution is 2.33. The lowest BCUT2D eigenvalue weighted by Crippen LogP contribution is -2.51. The molecule has 0 aromatic heterocycles. The Morgan fingerprint density at radius 3 is 2.50 bits per heavy atom. The van der Waals surface area contributed by atoms with Gasteiger partial charge in [0.1, 0.15) is 11.6 Å². The van der Waals surface area contributed by atoms with E-state index in [1.54, 1.807) is 39.0 Å². The highest BCUT2D eigenvalue weighted by atomic mass is 35.5. The summed E-state index contributed by atoms with van der Waals surface area (Å²) in [6, 6.07) is 8.60. The highest BCUT2D eigenvalue weighted by molar-refractivity contribution is 6.31. The van der Waals surface area contributed by atoms with Gasteiger partial charge in [-0.3, -0.25) is 14.6 Å². The zero-order valence-electron chi connectivity index (χ0n) is 21.8. The van der Waals surface area contributed by atoms with Crippen molar-refractivity contribution in [3.8, 4) is 0 Å². The van der Waals surface area contributed by atoms with E-state index in [2.05, 4.69) is 10.2 Å². The third-order valence-corrected chi connectivity index (χ3v) is 7.12. The summed E-state index contributed by atoms with van der Waals surface area (Å²) < 4.78 is 44.6. The van der Waals surface area contributed by atoms with E-state index < -0.39 is 29.5 Å². The van der Waals surface area contributed by atoms with Crippen molar-refractivity contribution in [1.29, 1.82) is 0 Å². The number of amides is 2. The molecular weight excluding hydrogens is 519 g/mol. The molecule has 1 atom stereocenters. The van der Waals surface area contributed by atoms with Gasteiger partial charge in [0.2, 0.25) is 5.91 Å². The number of carbonyl (C=O) groups excluding carboxylic acids is 2. The maximum Gasteiger partial charge on any atom is 0.416 e. The SMILES string of the molecule is CC(C)(C)OC(=O)N1CCCC[C@@H]1C(=O)Nc1ccc(CN2CCc3cc(C(F)(F)F)ccc3C2)c(Cl)c1. The van der Waals surface area contributed by atoms with Gasteiger partial charge >= 0.3 is 12.3 Å². The van der Waals surface area contributed by atoms with Gasteiger partial charge in [-0.05, 0) is 87.4 Å². The Morgan fingerprint density at radius 2 is 1.82 bits per heavy atom. The first kappa shape index (κ1) is 28.2. The first-order chi connectivity index (χ1) is 17.8. The van der Waals surface area contributed by atoms with Gasteiger partial charge in [0.15, 0.2) is 0 Å². The van der Waals surface area contributed by atoms with Gasteiger partial charge in [-0.25, -0.2) is 4.79 Å². The smallest absolute Gasteiger partial charge is 0.416 e. The monoisotopic (exact) mass is 551 g/mol. The van der Waals surface area contributed by atoms with Gasteiger partial charge in [-0.2, -0.15) is 13.2 Å². The summed E-state index contributed by atoms with van der Waals surface area (Å²) in [6.07, 6.45) is -2.11. The van der Waals surface area contributed by atoms with E-state index in [9.17, 15) is 22.8 Å². The predicted octanol–water partition coefficient (Wildman–Crippen LogP) is 6.65. The molecule has 0 spiro atoms. The van der Waals surface area contributed by atoms with Crippen LogP contribution in [0.5, 0.6) is 0 Å². The molecule has 2 aromatic rings. The fourth-order valence-corrected chi connectivity index (χ4v) is 5.13. The molecule has 0 unspecified atom stereocenters. The quantitative estimate of drug-likeness (QED) is 0.462. The molecule has 2 aromatic carbocycles.